The molecule has 0 aliphatic heterocycles. The molecule has 0 aromatic heterocycles. The van der Waals surface area contributed by atoms with E-state index in [0.29, 0.717) is 17.7 Å². The molecule has 0 aliphatic carbocycles. The molecule has 0 amide bonds. The Morgan fingerprint density at radius 1 is 0.871 bits per heavy atom. The monoisotopic (exact) mass is 456 g/mol. The van der Waals surface area contributed by atoms with Crippen LogP contribution in [0.3, 0.4) is 0 Å². The van der Waals surface area contributed by atoms with Crippen molar-refractivity contribution in [2.45, 2.75) is 82.4 Å². The van der Waals surface area contributed by atoms with E-state index in [9.17, 15) is 18.1 Å². The Labute approximate surface area is 209 Å². The van der Waals surface area contributed by atoms with Gasteiger partial charge in [-0.1, -0.05) is 94.7 Å². The third kappa shape index (κ3) is 10.4. The van der Waals surface area contributed by atoms with Gasteiger partial charge in [-0.25, -0.2) is 0 Å². The van der Waals surface area contributed by atoms with Gasteiger partial charge in [-0.05, 0) is 30.5 Å². The minimum absolute atomic E-state index is 0. The summed E-state index contributed by atoms with van der Waals surface area (Å²) in [6.07, 6.45) is 12.1. The Kier molecular flexibility index (Phi) is 13.5. The first kappa shape index (κ1) is 28.0. The third-order valence-corrected chi connectivity index (χ3v) is 6.11. The summed E-state index contributed by atoms with van der Waals surface area (Å²) in [5.74, 6) is -0.0766. The molecule has 0 spiro atoms. The van der Waals surface area contributed by atoms with Gasteiger partial charge in [-0.15, -0.1) is 0 Å². The van der Waals surface area contributed by atoms with Gasteiger partial charge < -0.3 is 9.84 Å². The summed E-state index contributed by atoms with van der Waals surface area (Å²) >= 11 is 0. The molecule has 0 aliphatic rings. The summed E-state index contributed by atoms with van der Waals surface area (Å²) in [5.41, 5.74) is 0.350. The van der Waals surface area contributed by atoms with Gasteiger partial charge in [0.2, 0.25) is 0 Å². The molecule has 2 rings (SSSR count). The molecule has 7 heteroatoms. The van der Waals surface area contributed by atoms with E-state index in [1.54, 1.807) is 24.3 Å². The van der Waals surface area contributed by atoms with Gasteiger partial charge in [-0.3, -0.25) is 4.55 Å². The van der Waals surface area contributed by atoms with Crippen molar-refractivity contribution in [1.82, 2.24) is 0 Å². The predicted molar refractivity (Wildman–Crippen MR) is 118 cm³/mol. The van der Waals surface area contributed by atoms with Crippen molar-refractivity contribution < 1.29 is 52.4 Å². The summed E-state index contributed by atoms with van der Waals surface area (Å²) in [7, 11) is -4.45. The van der Waals surface area contributed by atoms with Crippen LogP contribution in [0.5, 0.6) is 17.2 Å². The van der Waals surface area contributed by atoms with E-state index in [0.717, 1.165) is 25.3 Å². The van der Waals surface area contributed by atoms with Crippen molar-refractivity contribution in [2.75, 3.05) is 0 Å². The van der Waals surface area contributed by atoms with Crippen LogP contribution in [-0.4, -0.2) is 13.0 Å². The fraction of sp³-hybridized carbons (Fsp3) is 0.500. The van der Waals surface area contributed by atoms with Gasteiger partial charge in [0, 0.05) is 6.07 Å². The standard InChI is InChI=1S/C24H34O5S.Na/c1-2-3-4-5-6-7-8-9-10-12-15-20-18-22(25)23(19-24(20)30(26,27)28)29-21-16-13-11-14-17-21;/h11,13-14,16-19,25H,2-10,12,15H2,1H3,(H,26,27,28);/q;+1/p-1. The van der Waals surface area contributed by atoms with E-state index in [2.05, 4.69) is 6.92 Å². The van der Waals surface area contributed by atoms with Crippen LogP contribution in [0, 0.1) is 0 Å². The van der Waals surface area contributed by atoms with Gasteiger partial charge in [0.05, 0.1) is 0 Å². The number of benzene rings is 2. The van der Waals surface area contributed by atoms with E-state index in [4.69, 9.17) is 4.74 Å². The first-order chi connectivity index (χ1) is 14.4. The molecular formula is C24H33NaO5S. The molecular weight excluding hydrogens is 423 g/mol. The molecule has 0 saturated carbocycles. The number of para-hydroxylation sites is 1. The predicted octanol–water partition coefficient (Wildman–Crippen LogP) is 3.27. The largest absolute Gasteiger partial charge is 1.00 e. The Hall–Kier alpha value is -1.05. The van der Waals surface area contributed by atoms with Crippen LogP contribution in [-0.2, 0) is 16.5 Å². The molecule has 2 aromatic carbocycles. The number of rotatable bonds is 14. The fourth-order valence-electron chi connectivity index (χ4n) is 3.52. The second-order valence-electron chi connectivity index (χ2n) is 7.73. The molecule has 5 nitrogen and oxygen atoms in total. The molecule has 31 heavy (non-hydrogen) atoms. The zero-order valence-corrected chi connectivity index (χ0v) is 21.6. The number of hydrogen-bond acceptors (Lipinski definition) is 4. The second-order valence-corrected chi connectivity index (χ2v) is 9.12. The summed E-state index contributed by atoms with van der Waals surface area (Å²) in [4.78, 5) is -0.246. The van der Waals surface area contributed by atoms with Gasteiger partial charge in [0.25, 0.3) is 10.1 Å². The summed E-state index contributed by atoms with van der Waals surface area (Å²) in [6.45, 7) is 2.22. The van der Waals surface area contributed by atoms with Gasteiger partial charge in [-0.2, -0.15) is 8.42 Å². The van der Waals surface area contributed by atoms with Gasteiger partial charge in [0.15, 0.2) is 0 Å². The van der Waals surface area contributed by atoms with Crippen LogP contribution in [0.2, 0.25) is 0 Å². The van der Waals surface area contributed by atoms with E-state index < -0.39 is 15.9 Å². The molecule has 0 bridgehead atoms. The van der Waals surface area contributed by atoms with Crippen LogP contribution < -0.4 is 39.4 Å². The topological polar surface area (TPSA) is 86.7 Å². The Morgan fingerprint density at radius 3 is 1.97 bits per heavy atom. The maximum absolute atomic E-state index is 12.4. The smallest absolute Gasteiger partial charge is 0.870 e. The van der Waals surface area contributed by atoms with Crippen LogP contribution in [0.4, 0.5) is 0 Å². The Balaban J connectivity index is 0.00000480. The van der Waals surface area contributed by atoms with Gasteiger partial charge >= 0.3 is 29.6 Å². The van der Waals surface area contributed by atoms with E-state index in [1.165, 1.54) is 51.0 Å². The number of hydrogen-bond donors (Lipinski definition) is 1. The number of aryl methyl sites for hydroxylation is 1. The molecule has 0 fully saturated rings. The van der Waals surface area contributed by atoms with Crippen molar-refractivity contribution >= 4 is 10.1 Å². The van der Waals surface area contributed by atoms with Crippen molar-refractivity contribution in [1.29, 1.82) is 0 Å². The number of ether oxygens (including phenoxy) is 1. The first-order valence-corrected chi connectivity index (χ1v) is 12.4. The Morgan fingerprint density at radius 2 is 1.42 bits per heavy atom. The fourth-order valence-corrected chi connectivity index (χ4v) is 4.27. The van der Waals surface area contributed by atoms with Crippen molar-refractivity contribution in [2.24, 2.45) is 0 Å². The van der Waals surface area contributed by atoms with Crippen molar-refractivity contribution in [3.8, 4) is 17.2 Å². The molecule has 166 valence electrons. The average molecular weight is 457 g/mol. The summed E-state index contributed by atoms with van der Waals surface area (Å²) < 4.78 is 38.8. The molecule has 2 aromatic rings. The second kappa shape index (κ2) is 14.9. The summed E-state index contributed by atoms with van der Waals surface area (Å²) in [6, 6.07) is 11.1. The average Bonchev–Trinajstić information content (AvgIpc) is 2.71. The van der Waals surface area contributed by atoms with E-state index in [1.807, 2.05) is 6.07 Å². The minimum Gasteiger partial charge on any atom is -0.870 e. The molecule has 0 radical (unpaired) electrons. The van der Waals surface area contributed by atoms with Crippen LogP contribution in [0.25, 0.3) is 0 Å². The summed E-state index contributed by atoms with van der Waals surface area (Å²) in [5, 5.41) is 12.4. The van der Waals surface area contributed by atoms with Crippen LogP contribution >= 0.6 is 0 Å². The molecule has 0 unspecified atom stereocenters. The maximum Gasteiger partial charge on any atom is 1.00 e. The van der Waals surface area contributed by atoms with E-state index >= 15 is 0 Å². The SMILES string of the molecule is CCCCCCCCCCCCc1cc([O-])c(Oc2ccccc2)cc1S(=O)(=O)O.[Na+]. The van der Waals surface area contributed by atoms with Crippen molar-refractivity contribution in [3.05, 3.63) is 48.0 Å². The molecule has 1 N–H and O–H groups in total. The first-order valence-electron chi connectivity index (χ1n) is 11.0. The third-order valence-electron chi connectivity index (χ3n) is 5.18. The minimum atomic E-state index is -4.45. The van der Waals surface area contributed by atoms with E-state index in [-0.39, 0.29) is 40.2 Å². The zero-order valence-electron chi connectivity index (χ0n) is 18.8. The Bertz CT molecular complexity index is 869. The molecule has 0 atom stereocenters. The molecule has 0 saturated heterocycles. The zero-order chi connectivity index (χ0) is 21.8. The van der Waals surface area contributed by atoms with Crippen LogP contribution in [0.1, 0.15) is 76.7 Å². The molecule has 0 heterocycles. The van der Waals surface area contributed by atoms with Crippen LogP contribution in [0.15, 0.2) is 47.4 Å². The quantitative estimate of drug-likeness (QED) is 0.268. The van der Waals surface area contributed by atoms with Crippen molar-refractivity contribution in [3.63, 3.8) is 0 Å². The maximum atomic E-state index is 12.4. The number of unbranched alkanes of at least 4 members (excludes halogenated alkanes) is 9. The normalized spacial score (nSPS) is 11.2. The van der Waals surface area contributed by atoms with Gasteiger partial charge in [0.1, 0.15) is 16.4 Å².